The quantitative estimate of drug-likeness (QED) is 0.791. The van der Waals surface area contributed by atoms with Gasteiger partial charge in [-0.3, -0.25) is 9.36 Å². The first kappa shape index (κ1) is 12.4. The smallest absolute Gasteiger partial charge is 0.261 e. The molecule has 1 N–H and O–H groups in total. The molecule has 0 bridgehead atoms. The summed E-state index contributed by atoms with van der Waals surface area (Å²) in [5.74, 6) is 0.383. The number of aromatic nitrogens is 2. The molecule has 4 nitrogen and oxygen atoms in total. The molecule has 16 heavy (non-hydrogen) atoms. The highest BCUT2D eigenvalue weighted by atomic mass is 16.3. The lowest BCUT2D eigenvalue weighted by Crippen LogP contribution is -2.22. The number of fused-ring (bicyclic) bond motifs is 1. The van der Waals surface area contributed by atoms with Gasteiger partial charge in [-0.05, 0) is 12.1 Å². The molecule has 2 aromatic rings. The number of aliphatic hydroxyl groups is 1. The largest absolute Gasteiger partial charge is 0.388 e. The van der Waals surface area contributed by atoms with Gasteiger partial charge in [0.25, 0.3) is 5.56 Å². The topological polar surface area (TPSA) is 55.1 Å². The molecule has 0 amide bonds. The maximum absolute atomic E-state index is 11.7. The highest BCUT2D eigenvalue weighted by Crippen LogP contribution is 2.06. The van der Waals surface area contributed by atoms with Crippen LogP contribution in [0.3, 0.4) is 0 Å². The van der Waals surface area contributed by atoms with Crippen molar-refractivity contribution < 1.29 is 5.11 Å². The molecule has 0 aliphatic rings. The van der Waals surface area contributed by atoms with Crippen molar-refractivity contribution in [1.29, 1.82) is 0 Å². The Labute approximate surface area is 94.2 Å². The standard InChI is InChI=1S/C10H10N2O2.C2H6/c1-12-9(6-13)11-8-5-3-2-4-7(8)10(12)14;1-2/h2-5,13H,6H2,1H3;1-2H3. The third-order valence-electron chi connectivity index (χ3n) is 2.22. The second-order valence-electron chi connectivity index (χ2n) is 3.07. The van der Waals surface area contributed by atoms with Crippen molar-refractivity contribution in [1.82, 2.24) is 9.55 Å². The first-order chi connectivity index (χ1) is 7.74. The van der Waals surface area contributed by atoms with Crippen LogP contribution >= 0.6 is 0 Å². The fourth-order valence-corrected chi connectivity index (χ4v) is 1.41. The Kier molecular flexibility index (Phi) is 4.19. The van der Waals surface area contributed by atoms with Crippen LogP contribution in [-0.2, 0) is 13.7 Å². The van der Waals surface area contributed by atoms with E-state index < -0.39 is 0 Å². The van der Waals surface area contributed by atoms with Gasteiger partial charge in [-0.15, -0.1) is 0 Å². The van der Waals surface area contributed by atoms with Gasteiger partial charge in [0.1, 0.15) is 12.4 Å². The zero-order valence-electron chi connectivity index (χ0n) is 9.77. The Hall–Kier alpha value is -1.68. The minimum absolute atomic E-state index is 0.125. The molecule has 0 unspecified atom stereocenters. The SMILES string of the molecule is CC.Cn1c(CO)nc2ccccc2c1=O. The van der Waals surface area contributed by atoms with Crippen LogP contribution in [-0.4, -0.2) is 14.7 Å². The van der Waals surface area contributed by atoms with Gasteiger partial charge in [-0.25, -0.2) is 4.98 Å². The fourth-order valence-electron chi connectivity index (χ4n) is 1.41. The van der Waals surface area contributed by atoms with Gasteiger partial charge in [0.05, 0.1) is 10.9 Å². The van der Waals surface area contributed by atoms with Crippen LogP contribution in [0.25, 0.3) is 10.9 Å². The van der Waals surface area contributed by atoms with E-state index in [1.807, 2.05) is 19.9 Å². The second kappa shape index (κ2) is 5.42. The molecule has 0 saturated heterocycles. The number of nitrogens with zero attached hydrogens (tertiary/aromatic N) is 2. The molecule has 1 heterocycles. The van der Waals surface area contributed by atoms with Crippen molar-refractivity contribution in [2.75, 3.05) is 0 Å². The first-order valence-electron chi connectivity index (χ1n) is 5.29. The number of benzene rings is 1. The summed E-state index contributed by atoms with van der Waals surface area (Å²) in [4.78, 5) is 15.9. The van der Waals surface area contributed by atoms with Crippen LogP contribution in [0.4, 0.5) is 0 Å². The lowest BCUT2D eigenvalue weighted by Gasteiger charge is -2.05. The molecule has 0 radical (unpaired) electrons. The second-order valence-corrected chi connectivity index (χ2v) is 3.07. The van der Waals surface area contributed by atoms with Crippen molar-refractivity contribution in [3.05, 3.63) is 40.4 Å². The summed E-state index contributed by atoms with van der Waals surface area (Å²) < 4.78 is 1.36. The lowest BCUT2D eigenvalue weighted by molar-refractivity contribution is 0.265. The van der Waals surface area contributed by atoms with Gasteiger partial charge in [-0.1, -0.05) is 26.0 Å². The number of hydrogen-bond donors (Lipinski definition) is 1. The maximum Gasteiger partial charge on any atom is 0.261 e. The minimum atomic E-state index is -0.226. The Morgan fingerprint density at radius 2 is 1.94 bits per heavy atom. The van der Waals surface area contributed by atoms with E-state index in [4.69, 9.17) is 5.11 Å². The highest BCUT2D eigenvalue weighted by Gasteiger charge is 2.05. The molecule has 0 fully saturated rings. The summed E-state index contributed by atoms with van der Waals surface area (Å²) >= 11 is 0. The Bertz CT molecular complexity index is 532. The lowest BCUT2D eigenvalue weighted by atomic mass is 10.2. The van der Waals surface area contributed by atoms with Gasteiger partial charge >= 0.3 is 0 Å². The minimum Gasteiger partial charge on any atom is -0.388 e. The summed E-state index contributed by atoms with van der Waals surface area (Å²) in [7, 11) is 1.60. The van der Waals surface area contributed by atoms with E-state index >= 15 is 0 Å². The predicted molar refractivity (Wildman–Crippen MR) is 64.3 cm³/mol. The molecule has 4 heteroatoms. The van der Waals surface area contributed by atoms with E-state index in [1.54, 1.807) is 25.2 Å². The fraction of sp³-hybridized carbons (Fsp3) is 0.333. The van der Waals surface area contributed by atoms with E-state index in [9.17, 15) is 4.79 Å². The Morgan fingerprint density at radius 1 is 1.31 bits per heavy atom. The molecule has 1 aromatic carbocycles. The summed E-state index contributed by atoms with van der Waals surface area (Å²) in [5.41, 5.74) is 0.499. The third kappa shape index (κ3) is 2.12. The third-order valence-corrected chi connectivity index (χ3v) is 2.22. The monoisotopic (exact) mass is 220 g/mol. The molecule has 0 aliphatic heterocycles. The molecular formula is C12H16N2O2. The molecule has 0 spiro atoms. The average molecular weight is 220 g/mol. The van der Waals surface area contributed by atoms with Crippen LogP contribution in [0.15, 0.2) is 29.1 Å². The van der Waals surface area contributed by atoms with Crippen LogP contribution in [0.1, 0.15) is 19.7 Å². The molecule has 2 rings (SSSR count). The van der Waals surface area contributed by atoms with E-state index in [0.717, 1.165) is 0 Å². The molecule has 86 valence electrons. The number of para-hydroxylation sites is 1. The van der Waals surface area contributed by atoms with Gasteiger partial charge in [0.15, 0.2) is 0 Å². The van der Waals surface area contributed by atoms with Gasteiger partial charge in [-0.2, -0.15) is 0 Å². The zero-order chi connectivity index (χ0) is 12.1. The average Bonchev–Trinajstić information content (AvgIpc) is 2.36. The Balaban J connectivity index is 0.000000606. The zero-order valence-corrected chi connectivity index (χ0v) is 9.77. The molecule has 1 aromatic heterocycles. The van der Waals surface area contributed by atoms with Crippen molar-refractivity contribution >= 4 is 10.9 Å². The van der Waals surface area contributed by atoms with Gasteiger partial charge < -0.3 is 5.11 Å². The Morgan fingerprint density at radius 3 is 2.56 bits per heavy atom. The van der Waals surface area contributed by atoms with Crippen LogP contribution in [0.2, 0.25) is 0 Å². The van der Waals surface area contributed by atoms with Crippen molar-refractivity contribution in [3.8, 4) is 0 Å². The normalized spacial score (nSPS) is 9.75. The number of hydrogen-bond acceptors (Lipinski definition) is 3. The summed E-state index contributed by atoms with van der Waals surface area (Å²) in [5, 5.41) is 9.56. The van der Waals surface area contributed by atoms with E-state index in [0.29, 0.717) is 16.7 Å². The molecule has 0 saturated carbocycles. The predicted octanol–water partition coefficient (Wildman–Crippen LogP) is 1.45. The maximum atomic E-state index is 11.7. The van der Waals surface area contributed by atoms with E-state index in [1.165, 1.54) is 4.57 Å². The van der Waals surface area contributed by atoms with Crippen LogP contribution in [0.5, 0.6) is 0 Å². The summed E-state index contributed by atoms with van der Waals surface area (Å²) in [6, 6.07) is 7.10. The van der Waals surface area contributed by atoms with E-state index in [2.05, 4.69) is 4.98 Å². The van der Waals surface area contributed by atoms with Crippen LogP contribution < -0.4 is 5.56 Å². The van der Waals surface area contributed by atoms with Crippen molar-refractivity contribution in [2.24, 2.45) is 7.05 Å². The summed E-state index contributed by atoms with van der Waals surface area (Å²) in [6.45, 7) is 3.77. The van der Waals surface area contributed by atoms with Gasteiger partial charge in [0, 0.05) is 7.05 Å². The van der Waals surface area contributed by atoms with Gasteiger partial charge in [0.2, 0.25) is 0 Å². The number of rotatable bonds is 1. The highest BCUT2D eigenvalue weighted by molar-refractivity contribution is 5.77. The van der Waals surface area contributed by atoms with Crippen molar-refractivity contribution in [3.63, 3.8) is 0 Å². The first-order valence-corrected chi connectivity index (χ1v) is 5.29. The van der Waals surface area contributed by atoms with E-state index in [-0.39, 0.29) is 12.2 Å². The molecule has 0 atom stereocenters. The number of aliphatic hydroxyl groups excluding tert-OH is 1. The summed E-state index contributed by atoms with van der Waals surface area (Å²) in [6.07, 6.45) is 0. The van der Waals surface area contributed by atoms with Crippen LogP contribution in [0, 0.1) is 0 Å². The molecular weight excluding hydrogens is 204 g/mol. The van der Waals surface area contributed by atoms with Crippen molar-refractivity contribution in [2.45, 2.75) is 20.5 Å². The molecule has 0 aliphatic carbocycles.